The van der Waals surface area contributed by atoms with Gasteiger partial charge in [-0.2, -0.15) is 0 Å². The van der Waals surface area contributed by atoms with Crippen molar-refractivity contribution in [3.8, 4) is 0 Å². The second-order valence-corrected chi connectivity index (χ2v) is 3.47. The maximum absolute atomic E-state index is 5.38. The van der Waals surface area contributed by atoms with Crippen LogP contribution >= 0.6 is 24.0 Å². The Morgan fingerprint density at radius 2 is 1.83 bits per heavy atom. The minimum atomic E-state index is 0. The Labute approximate surface area is 87.5 Å². The number of halogens is 2. The van der Waals surface area contributed by atoms with Gasteiger partial charge in [-0.15, -0.1) is 24.0 Å². The van der Waals surface area contributed by atoms with Crippen LogP contribution in [-0.4, -0.2) is 11.9 Å². The Morgan fingerprint density at radius 1 is 1.33 bits per heavy atom. The second-order valence-electron chi connectivity index (χ2n) is 3.09. The Kier molecular flexibility index (Phi) is 14.5. The Balaban J connectivity index is 0. The first-order chi connectivity index (χ1) is 5.31. The van der Waals surface area contributed by atoms with Crippen LogP contribution in [0, 0.1) is 0 Å². The average molecular weight is 214 g/mol. The topological polar surface area (TPSA) is 26.0 Å². The Bertz CT molecular complexity index is 70.9. The van der Waals surface area contributed by atoms with Crippen molar-refractivity contribution in [3.05, 3.63) is 0 Å². The molecule has 1 aliphatic carbocycles. The number of alkyl halides is 1. The van der Waals surface area contributed by atoms with Gasteiger partial charge in [0.05, 0.1) is 0 Å². The molecule has 0 spiro atoms. The smallest absolute Gasteiger partial charge is 0.0223 e. The van der Waals surface area contributed by atoms with Crippen LogP contribution in [0.1, 0.15) is 45.4 Å². The highest BCUT2D eigenvalue weighted by atomic mass is 35.5. The predicted molar refractivity (Wildman–Crippen MR) is 59.3 cm³/mol. The molecule has 0 aromatic heterocycles. The van der Waals surface area contributed by atoms with Crippen LogP contribution in [0.5, 0.6) is 0 Å². The van der Waals surface area contributed by atoms with Gasteiger partial charge in [0.15, 0.2) is 0 Å². The van der Waals surface area contributed by atoms with E-state index >= 15 is 0 Å². The van der Waals surface area contributed by atoms with Crippen LogP contribution < -0.4 is 5.73 Å². The Hall–Kier alpha value is 0.540. The SMILES string of the molecule is CCCCCCl.Cl.NC1CCC1. The van der Waals surface area contributed by atoms with Gasteiger partial charge in [-0.25, -0.2) is 0 Å². The van der Waals surface area contributed by atoms with E-state index in [0.29, 0.717) is 6.04 Å². The number of nitrogens with two attached hydrogens (primary N) is 1. The van der Waals surface area contributed by atoms with E-state index in [2.05, 4.69) is 6.92 Å². The molecule has 0 aromatic carbocycles. The molecule has 0 bridgehead atoms. The lowest BCUT2D eigenvalue weighted by Crippen LogP contribution is -2.27. The third-order valence-corrected chi connectivity index (χ3v) is 2.15. The van der Waals surface area contributed by atoms with Gasteiger partial charge in [-0.05, 0) is 19.3 Å². The van der Waals surface area contributed by atoms with E-state index in [1.807, 2.05) is 0 Å². The summed E-state index contributed by atoms with van der Waals surface area (Å²) in [7, 11) is 0. The first-order valence-corrected chi connectivity index (χ1v) is 5.16. The van der Waals surface area contributed by atoms with Crippen LogP contribution in [-0.2, 0) is 0 Å². The number of hydrogen-bond donors (Lipinski definition) is 1. The molecular weight excluding hydrogens is 193 g/mol. The monoisotopic (exact) mass is 213 g/mol. The van der Waals surface area contributed by atoms with Crippen molar-refractivity contribution >= 4 is 24.0 Å². The van der Waals surface area contributed by atoms with Gasteiger partial charge in [0.2, 0.25) is 0 Å². The summed E-state index contributed by atoms with van der Waals surface area (Å²) >= 11 is 5.38. The molecule has 0 heterocycles. The van der Waals surface area contributed by atoms with E-state index in [9.17, 15) is 0 Å². The van der Waals surface area contributed by atoms with Gasteiger partial charge in [-0.3, -0.25) is 0 Å². The van der Waals surface area contributed by atoms with Gasteiger partial charge < -0.3 is 5.73 Å². The van der Waals surface area contributed by atoms with Gasteiger partial charge in [0.25, 0.3) is 0 Å². The summed E-state index contributed by atoms with van der Waals surface area (Å²) in [5.41, 5.74) is 5.38. The van der Waals surface area contributed by atoms with E-state index in [0.717, 1.165) is 5.88 Å². The molecule has 0 saturated heterocycles. The van der Waals surface area contributed by atoms with E-state index in [1.165, 1.54) is 38.5 Å². The maximum Gasteiger partial charge on any atom is 0.0223 e. The minimum absolute atomic E-state index is 0. The summed E-state index contributed by atoms with van der Waals surface area (Å²) < 4.78 is 0. The molecule has 12 heavy (non-hydrogen) atoms. The first-order valence-electron chi connectivity index (χ1n) is 4.62. The van der Waals surface area contributed by atoms with Crippen LogP contribution in [0.25, 0.3) is 0 Å². The molecule has 1 fully saturated rings. The molecule has 0 aromatic rings. The zero-order valence-electron chi connectivity index (χ0n) is 7.89. The van der Waals surface area contributed by atoms with Crippen molar-refractivity contribution < 1.29 is 0 Å². The highest BCUT2D eigenvalue weighted by molar-refractivity contribution is 6.17. The van der Waals surface area contributed by atoms with Crippen molar-refractivity contribution in [1.29, 1.82) is 0 Å². The second kappa shape index (κ2) is 11.5. The molecule has 0 unspecified atom stereocenters. The van der Waals surface area contributed by atoms with Gasteiger partial charge >= 0.3 is 0 Å². The highest BCUT2D eigenvalue weighted by Gasteiger charge is 2.09. The summed E-state index contributed by atoms with van der Waals surface area (Å²) in [5.74, 6) is 0.827. The molecule has 0 atom stereocenters. The van der Waals surface area contributed by atoms with Gasteiger partial charge in [0, 0.05) is 11.9 Å². The van der Waals surface area contributed by atoms with E-state index in [1.54, 1.807) is 0 Å². The van der Waals surface area contributed by atoms with Crippen molar-refractivity contribution in [2.45, 2.75) is 51.5 Å². The third kappa shape index (κ3) is 10.5. The standard InChI is InChI=1S/C5H11Cl.C4H9N.ClH/c1-2-3-4-5-6;5-4-2-1-3-4;/h2-5H2,1H3;4H,1-3,5H2;1H. The summed E-state index contributed by atoms with van der Waals surface area (Å²) in [4.78, 5) is 0. The van der Waals surface area contributed by atoms with Gasteiger partial charge in [0.1, 0.15) is 0 Å². The van der Waals surface area contributed by atoms with E-state index in [-0.39, 0.29) is 12.4 Å². The van der Waals surface area contributed by atoms with Crippen LogP contribution in [0.15, 0.2) is 0 Å². The van der Waals surface area contributed by atoms with Crippen molar-refractivity contribution in [3.63, 3.8) is 0 Å². The normalized spacial score (nSPS) is 15.2. The predicted octanol–water partition coefficient (Wildman–Crippen LogP) is 3.33. The lowest BCUT2D eigenvalue weighted by atomic mass is 9.95. The van der Waals surface area contributed by atoms with Crippen LogP contribution in [0.4, 0.5) is 0 Å². The quantitative estimate of drug-likeness (QED) is 0.566. The number of unbranched alkanes of at least 4 members (excludes halogenated alkanes) is 2. The summed E-state index contributed by atoms with van der Waals surface area (Å²) in [6.07, 6.45) is 7.62. The zero-order chi connectivity index (χ0) is 8.53. The molecule has 1 rings (SSSR count). The average Bonchev–Trinajstić information content (AvgIpc) is 1.98. The number of hydrogen-bond acceptors (Lipinski definition) is 1. The summed E-state index contributed by atoms with van der Waals surface area (Å²) in [6, 6.07) is 0.565. The third-order valence-electron chi connectivity index (χ3n) is 1.89. The molecule has 0 radical (unpaired) electrons. The van der Waals surface area contributed by atoms with Crippen LogP contribution in [0.3, 0.4) is 0 Å². The Morgan fingerprint density at radius 3 is 1.92 bits per heavy atom. The van der Waals surface area contributed by atoms with Crippen LogP contribution in [0.2, 0.25) is 0 Å². The van der Waals surface area contributed by atoms with Gasteiger partial charge in [-0.1, -0.05) is 26.2 Å². The minimum Gasteiger partial charge on any atom is -0.328 e. The lowest BCUT2D eigenvalue weighted by molar-refractivity contribution is 0.418. The zero-order valence-corrected chi connectivity index (χ0v) is 9.46. The summed E-state index contributed by atoms with van der Waals surface area (Å²) in [5, 5.41) is 0. The van der Waals surface area contributed by atoms with Crippen molar-refractivity contribution in [2.75, 3.05) is 5.88 Å². The lowest BCUT2D eigenvalue weighted by Gasteiger charge is -2.18. The fourth-order valence-corrected chi connectivity index (χ4v) is 0.973. The molecule has 1 nitrogen and oxygen atoms in total. The fraction of sp³-hybridized carbons (Fsp3) is 1.00. The maximum atomic E-state index is 5.38. The fourth-order valence-electron chi connectivity index (χ4n) is 0.784. The summed E-state index contributed by atoms with van der Waals surface area (Å²) in [6.45, 7) is 2.17. The molecule has 0 aliphatic heterocycles. The number of rotatable bonds is 3. The molecule has 3 heteroatoms. The molecular formula is C9H21Cl2N. The van der Waals surface area contributed by atoms with E-state index in [4.69, 9.17) is 17.3 Å². The molecule has 1 saturated carbocycles. The molecule has 2 N–H and O–H groups in total. The highest BCUT2D eigenvalue weighted by Crippen LogP contribution is 2.14. The molecule has 0 amide bonds. The van der Waals surface area contributed by atoms with Crippen molar-refractivity contribution in [2.24, 2.45) is 5.73 Å². The molecule has 1 aliphatic rings. The largest absolute Gasteiger partial charge is 0.328 e. The van der Waals surface area contributed by atoms with E-state index < -0.39 is 0 Å². The molecule has 76 valence electrons. The van der Waals surface area contributed by atoms with Crippen molar-refractivity contribution in [1.82, 2.24) is 0 Å². The first kappa shape index (κ1) is 15.0.